The van der Waals surface area contributed by atoms with Gasteiger partial charge in [0.25, 0.3) is 0 Å². The Bertz CT molecular complexity index is 347. The van der Waals surface area contributed by atoms with E-state index in [1.807, 2.05) is 12.1 Å². The molecule has 0 bridgehead atoms. The molecule has 1 N–H and O–H groups in total. The van der Waals surface area contributed by atoms with Crippen LogP contribution >= 0.6 is 11.6 Å². The van der Waals surface area contributed by atoms with Crippen molar-refractivity contribution in [1.82, 2.24) is 10.3 Å². The standard InChI is InChI=1S/C14H22ClN3/c1-2-8-18(11-12-4-3-7-16-9-12)14-6-5-13(15)10-17-14/h5-6,10,12,16H,2-4,7-9,11H2,1H3. The summed E-state index contributed by atoms with van der Waals surface area (Å²) in [5.41, 5.74) is 0. The van der Waals surface area contributed by atoms with E-state index in [-0.39, 0.29) is 0 Å². The van der Waals surface area contributed by atoms with Crippen LogP contribution in [-0.4, -0.2) is 31.2 Å². The quantitative estimate of drug-likeness (QED) is 0.889. The highest BCUT2D eigenvalue weighted by Crippen LogP contribution is 2.18. The molecule has 0 radical (unpaired) electrons. The van der Waals surface area contributed by atoms with Crippen molar-refractivity contribution in [2.24, 2.45) is 5.92 Å². The van der Waals surface area contributed by atoms with E-state index in [1.54, 1.807) is 6.20 Å². The number of pyridine rings is 1. The fourth-order valence-electron chi connectivity index (χ4n) is 2.52. The van der Waals surface area contributed by atoms with Crippen molar-refractivity contribution in [3.8, 4) is 0 Å². The van der Waals surface area contributed by atoms with Crippen LogP contribution < -0.4 is 10.2 Å². The van der Waals surface area contributed by atoms with Crippen molar-refractivity contribution in [2.75, 3.05) is 31.1 Å². The zero-order chi connectivity index (χ0) is 12.8. The summed E-state index contributed by atoms with van der Waals surface area (Å²) in [5.74, 6) is 1.79. The van der Waals surface area contributed by atoms with E-state index in [0.717, 1.165) is 37.8 Å². The lowest BCUT2D eigenvalue weighted by atomic mass is 9.99. The lowest BCUT2D eigenvalue weighted by Crippen LogP contribution is -2.39. The Kier molecular flexibility index (Phi) is 5.26. The van der Waals surface area contributed by atoms with E-state index in [0.29, 0.717) is 5.02 Å². The Morgan fingerprint density at radius 1 is 1.50 bits per heavy atom. The van der Waals surface area contributed by atoms with Crippen LogP contribution in [0.15, 0.2) is 18.3 Å². The summed E-state index contributed by atoms with van der Waals surface area (Å²) < 4.78 is 0. The predicted octanol–water partition coefficient (Wildman–Crippen LogP) is 2.95. The maximum atomic E-state index is 5.89. The number of anilines is 1. The van der Waals surface area contributed by atoms with Gasteiger partial charge in [0.05, 0.1) is 5.02 Å². The summed E-state index contributed by atoms with van der Waals surface area (Å²) >= 11 is 5.89. The van der Waals surface area contributed by atoms with Crippen LogP contribution in [0.5, 0.6) is 0 Å². The molecule has 100 valence electrons. The summed E-state index contributed by atoms with van der Waals surface area (Å²) in [7, 11) is 0. The van der Waals surface area contributed by atoms with E-state index in [9.17, 15) is 0 Å². The number of hydrogen-bond acceptors (Lipinski definition) is 3. The number of aromatic nitrogens is 1. The van der Waals surface area contributed by atoms with Gasteiger partial charge >= 0.3 is 0 Å². The number of hydrogen-bond donors (Lipinski definition) is 1. The topological polar surface area (TPSA) is 28.2 Å². The summed E-state index contributed by atoms with van der Waals surface area (Å²) in [5, 5.41) is 4.18. The Labute approximate surface area is 115 Å². The summed E-state index contributed by atoms with van der Waals surface area (Å²) in [6.07, 6.45) is 5.49. The molecule has 1 saturated heterocycles. The van der Waals surface area contributed by atoms with Crippen LogP contribution in [0, 0.1) is 5.92 Å². The van der Waals surface area contributed by atoms with Crippen LogP contribution in [-0.2, 0) is 0 Å². The van der Waals surface area contributed by atoms with Gasteiger partial charge in [-0.1, -0.05) is 18.5 Å². The first-order valence-corrected chi connectivity index (χ1v) is 7.24. The SMILES string of the molecule is CCCN(CC1CCCNC1)c1ccc(Cl)cn1. The molecule has 1 fully saturated rings. The average molecular weight is 268 g/mol. The molecule has 1 aromatic rings. The number of nitrogens with one attached hydrogen (secondary N) is 1. The van der Waals surface area contributed by atoms with Gasteiger partial charge in [0, 0.05) is 19.3 Å². The van der Waals surface area contributed by atoms with E-state index in [2.05, 4.69) is 22.1 Å². The van der Waals surface area contributed by atoms with Gasteiger partial charge in [0.1, 0.15) is 5.82 Å². The first-order valence-electron chi connectivity index (χ1n) is 6.87. The molecule has 0 aliphatic carbocycles. The molecule has 0 spiro atoms. The maximum Gasteiger partial charge on any atom is 0.128 e. The fourth-order valence-corrected chi connectivity index (χ4v) is 2.63. The van der Waals surface area contributed by atoms with Gasteiger partial charge in [-0.2, -0.15) is 0 Å². The lowest BCUT2D eigenvalue weighted by Gasteiger charge is -2.30. The molecule has 2 rings (SSSR count). The third-order valence-corrected chi connectivity index (χ3v) is 3.63. The highest BCUT2D eigenvalue weighted by Gasteiger charge is 2.17. The van der Waals surface area contributed by atoms with E-state index in [1.165, 1.54) is 19.4 Å². The van der Waals surface area contributed by atoms with Gasteiger partial charge < -0.3 is 10.2 Å². The number of nitrogens with zero attached hydrogens (tertiary/aromatic N) is 2. The Hall–Kier alpha value is -0.800. The third kappa shape index (κ3) is 3.85. The minimum Gasteiger partial charge on any atom is -0.356 e. The highest BCUT2D eigenvalue weighted by atomic mass is 35.5. The predicted molar refractivity (Wildman–Crippen MR) is 77.3 cm³/mol. The molecular formula is C14H22ClN3. The summed E-state index contributed by atoms with van der Waals surface area (Å²) in [6.45, 7) is 6.67. The largest absolute Gasteiger partial charge is 0.356 e. The van der Waals surface area contributed by atoms with Crippen LogP contribution in [0.25, 0.3) is 0 Å². The first kappa shape index (κ1) is 13.6. The maximum absolute atomic E-state index is 5.89. The van der Waals surface area contributed by atoms with Gasteiger partial charge in [-0.05, 0) is 50.4 Å². The lowest BCUT2D eigenvalue weighted by molar-refractivity contribution is 0.376. The molecule has 0 aromatic carbocycles. The second-order valence-corrected chi connectivity index (χ2v) is 5.43. The van der Waals surface area contributed by atoms with Crippen molar-refractivity contribution >= 4 is 17.4 Å². The Morgan fingerprint density at radius 2 is 2.39 bits per heavy atom. The van der Waals surface area contributed by atoms with E-state index >= 15 is 0 Å². The zero-order valence-corrected chi connectivity index (χ0v) is 11.8. The number of halogens is 1. The van der Waals surface area contributed by atoms with E-state index < -0.39 is 0 Å². The van der Waals surface area contributed by atoms with Crippen molar-refractivity contribution < 1.29 is 0 Å². The number of rotatable bonds is 5. The van der Waals surface area contributed by atoms with Gasteiger partial charge in [0.2, 0.25) is 0 Å². The molecule has 1 aliphatic rings. The molecule has 4 heteroatoms. The van der Waals surface area contributed by atoms with Crippen molar-refractivity contribution in [3.63, 3.8) is 0 Å². The molecule has 1 aliphatic heterocycles. The molecule has 1 unspecified atom stereocenters. The Morgan fingerprint density at radius 3 is 3.00 bits per heavy atom. The molecular weight excluding hydrogens is 246 g/mol. The van der Waals surface area contributed by atoms with Crippen LogP contribution in [0.2, 0.25) is 5.02 Å². The molecule has 18 heavy (non-hydrogen) atoms. The number of piperidine rings is 1. The minimum absolute atomic E-state index is 0.703. The molecule has 3 nitrogen and oxygen atoms in total. The fraction of sp³-hybridized carbons (Fsp3) is 0.643. The summed E-state index contributed by atoms with van der Waals surface area (Å²) in [4.78, 5) is 6.82. The molecule has 0 amide bonds. The normalized spacial score (nSPS) is 19.8. The van der Waals surface area contributed by atoms with E-state index in [4.69, 9.17) is 11.6 Å². The highest BCUT2D eigenvalue weighted by molar-refractivity contribution is 6.30. The second kappa shape index (κ2) is 6.95. The molecule has 2 heterocycles. The first-order chi connectivity index (χ1) is 8.79. The van der Waals surface area contributed by atoms with Crippen molar-refractivity contribution in [2.45, 2.75) is 26.2 Å². The van der Waals surface area contributed by atoms with Crippen LogP contribution in [0.3, 0.4) is 0 Å². The smallest absolute Gasteiger partial charge is 0.128 e. The molecule has 1 atom stereocenters. The third-order valence-electron chi connectivity index (χ3n) is 3.41. The zero-order valence-electron chi connectivity index (χ0n) is 11.0. The second-order valence-electron chi connectivity index (χ2n) is 4.99. The average Bonchev–Trinajstić information content (AvgIpc) is 2.40. The molecule has 1 aromatic heterocycles. The van der Waals surface area contributed by atoms with Crippen molar-refractivity contribution in [3.05, 3.63) is 23.4 Å². The monoisotopic (exact) mass is 267 g/mol. The van der Waals surface area contributed by atoms with Gasteiger partial charge in [0.15, 0.2) is 0 Å². The van der Waals surface area contributed by atoms with Crippen LogP contribution in [0.1, 0.15) is 26.2 Å². The van der Waals surface area contributed by atoms with Gasteiger partial charge in [-0.3, -0.25) is 0 Å². The van der Waals surface area contributed by atoms with Crippen LogP contribution in [0.4, 0.5) is 5.82 Å². The van der Waals surface area contributed by atoms with Gasteiger partial charge in [-0.25, -0.2) is 4.98 Å². The summed E-state index contributed by atoms with van der Waals surface area (Å²) in [6, 6.07) is 3.94. The minimum atomic E-state index is 0.703. The van der Waals surface area contributed by atoms with Gasteiger partial charge in [-0.15, -0.1) is 0 Å². The Balaban J connectivity index is 2.00. The van der Waals surface area contributed by atoms with Crippen molar-refractivity contribution in [1.29, 1.82) is 0 Å². The molecule has 0 saturated carbocycles.